The quantitative estimate of drug-likeness (QED) is 0.925. The van der Waals surface area contributed by atoms with Gasteiger partial charge in [-0.2, -0.15) is 0 Å². The third-order valence-corrected chi connectivity index (χ3v) is 5.07. The molecule has 2 fully saturated rings. The molecule has 0 saturated carbocycles. The molecule has 7 nitrogen and oxygen atoms in total. The molecule has 3 heterocycles. The van der Waals surface area contributed by atoms with Gasteiger partial charge in [0, 0.05) is 19.5 Å². The monoisotopic (exact) mass is 342 g/mol. The van der Waals surface area contributed by atoms with E-state index in [1.54, 1.807) is 0 Å². The molecule has 2 aliphatic heterocycles. The summed E-state index contributed by atoms with van der Waals surface area (Å²) in [7, 11) is 2.17. The van der Waals surface area contributed by atoms with Crippen molar-refractivity contribution in [2.75, 3.05) is 31.6 Å². The topological polar surface area (TPSA) is 78.7 Å². The van der Waals surface area contributed by atoms with Gasteiger partial charge in [0.1, 0.15) is 0 Å². The average molecular weight is 342 g/mol. The number of fused-ring (bicyclic) bond motifs is 1. The number of amides is 3. The van der Waals surface area contributed by atoms with Crippen LogP contribution in [0.25, 0.3) is 11.0 Å². The molecule has 3 amide bonds. The van der Waals surface area contributed by atoms with Crippen LogP contribution < -0.4 is 10.2 Å². The summed E-state index contributed by atoms with van der Waals surface area (Å²) >= 11 is 0. The molecule has 0 spiro atoms. The zero-order valence-corrected chi connectivity index (χ0v) is 14.3. The highest BCUT2D eigenvalue weighted by Crippen LogP contribution is 2.29. The van der Waals surface area contributed by atoms with Crippen LogP contribution in [0.1, 0.15) is 24.8 Å². The van der Waals surface area contributed by atoms with E-state index in [0.29, 0.717) is 23.9 Å². The minimum Gasteiger partial charge on any atom is -0.354 e. The van der Waals surface area contributed by atoms with Crippen LogP contribution in [0.2, 0.25) is 0 Å². The van der Waals surface area contributed by atoms with Crippen LogP contribution in [0.5, 0.6) is 0 Å². The van der Waals surface area contributed by atoms with E-state index in [2.05, 4.69) is 34.6 Å². The molecule has 7 heteroatoms. The zero-order chi connectivity index (χ0) is 17.4. The highest BCUT2D eigenvalue weighted by Gasteiger charge is 2.28. The van der Waals surface area contributed by atoms with Gasteiger partial charge in [-0.15, -0.1) is 0 Å². The summed E-state index contributed by atoms with van der Waals surface area (Å²) < 4.78 is 5.37. The van der Waals surface area contributed by atoms with E-state index in [4.69, 9.17) is 4.52 Å². The van der Waals surface area contributed by atoms with E-state index < -0.39 is 6.03 Å². The summed E-state index contributed by atoms with van der Waals surface area (Å²) in [5.41, 5.74) is 1.88. The molecular weight excluding hydrogens is 320 g/mol. The van der Waals surface area contributed by atoms with Gasteiger partial charge in [-0.05, 0) is 56.5 Å². The lowest BCUT2D eigenvalue weighted by Gasteiger charge is -2.29. The Morgan fingerprint density at radius 3 is 3.00 bits per heavy atom. The lowest BCUT2D eigenvalue weighted by molar-refractivity contribution is -0.120. The smallest absolute Gasteiger partial charge is 0.329 e. The molecule has 1 aromatic carbocycles. The number of likely N-dealkylation sites (tertiary alicyclic amines) is 1. The number of carbonyl (C=O) groups is 2. The Morgan fingerprint density at radius 1 is 1.32 bits per heavy atom. The highest BCUT2D eigenvalue weighted by atomic mass is 16.5. The summed E-state index contributed by atoms with van der Waals surface area (Å²) in [5, 5.41) is 7.22. The number of nitrogens with zero attached hydrogens (tertiary/aromatic N) is 3. The van der Waals surface area contributed by atoms with Crippen LogP contribution >= 0.6 is 0 Å². The molecule has 0 bridgehead atoms. The first-order valence-corrected chi connectivity index (χ1v) is 8.78. The number of anilines is 1. The number of piperidine rings is 1. The van der Waals surface area contributed by atoms with Crippen molar-refractivity contribution in [2.24, 2.45) is 5.92 Å². The number of carbonyl (C=O) groups excluding carboxylic acids is 2. The van der Waals surface area contributed by atoms with Crippen LogP contribution in [-0.4, -0.2) is 48.7 Å². The standard InChI is InChI=1S/C18H22N4O3/c1-21-7-2-3-13(11-21)9-12-4-5-15-14(10-12)17(20-25-15)22-8-6-16(23)19-18(22)24/h4-5,10,13H,2-3,6-9,11H2,1H3,(H,19,23,24). The maximum Gasteiger partial charge on any atom is 0.329 e. The van der Waals surface area contributed by atoms with Gasteiger partial charge >= 0.3 is 6.03 Å². The van der Waals surface area contributed by atoms with Gasteiger partial charge in [0.25, 0.3) is 0 Å². The zero-order valence-electron chi connectivity index (χ0n) is 14.3. The van der Waals surface area contributed by atoms with Crippen LogP contribution in [0.15, 0.2) is 22.7 Å². The second kappa shape index (κ2) is 6.48. The van der Waals surface area contributed by atoms with Gasteiger partial charge in [-0.3, -0.25) is 15.0 Å². The third-order valence-electron chi connectivity index (χ3n) is 5.07. The van der Waals surface area contributed by atoms with Gasteiger partial charge in [0.15, 0.2) is 11.4 Å². The Labute approximate surface area is 145 Å². The summed E-state index contributed by atoms with van der Waals surface area (Å²) in [5.74, 6) is 0.884. The predicted molar refractivity (Wildman–Crippen MR) is 93.4 cm³/mol. The number of aromatic nitrogens is 1. The van der Waals surface area contributed by atoms with E-state index >= 15 is 0 Å². The van der Waals surface area contributed by atoms with Gasteiger partial charge in [0.2, 0.25) is 5.91 Å². The molecule has 2 saturated heterocycles. The molecule has 4 rings (SSSR count). The molecule has 0 radical (unpaired) electrons. The highest BCUT2D eigenvalue weighted by molar-refractivity contribution is 6.08. The van der Waals surface area contributed by atoms with Crippen molar-refractivity contribution in [1.82, 2.24) is 15.4 Å². The van der Waals surface area contributed by atoms with E-state index in [1.165, 1.54) is 29.8 Å². The van der Waals surface area contributed by atoms with Crippen molar-refractivity contribution in [3.8, 4) is 0 Å². The molecule has 2 aromatic rings. The maximum atomic E-state index is 12.1. The lowest BCUT2D eigenvalue weighted by atomic mass is 9.91. The molecule has 0 aliphatic carbocycles. The molecule has 1 N–H and O–H groups in total. The first-order chi connectivity index (χ1) is 12.1. The van der Waals surface area contributed by atoms with Crippen molar-refractivity contribution >= 4 is 28.7 Å². The van der Waals surface area contributed by atoms with Crippen molar-refractivity contribution in [3.63, 3.8) is 0 Å². The maximum absolute atomic E-state index is 12.1. The molecular formula is C18H22N4O3. The molecule has 1 unspecified atom stereocenters. The minimum absolute atomic E-state index is 0.254. The fraction of sp³-hybridized carbons (Fsp3) is 0.500. The number of hydrogen-bond donors (Lipinski definition) is 1. The number of nitrogens with one attached hydrogen (secondary N) is 1. The second-order valence-electron chi connectivity index (χ2n) is 7.07. The Bertz CT molecular complexity index is 816. The minimum atomic E-state index is -0.439. The van der Waals surface area contributed by atoms with E-state index in [1.807, 2.05) is 6.07 Å². The van der Waals surface area contributed by atoms with Crippen LogP contribution in [0, 0.1) is 5.92 Å². The summed E-state index contributed by atoms with van der Waals surface area (Å²) in [4.78, 5) is 27.3. The number of rotatable bonds is 3. The molecule has 1 atom stereocenters. The Hall–Kier alpha value is -2.41. The van der Waals surface area contributed by atoms with Crippen LogP contribution in [0.4, 0.5) is 10.6 Å². The summed E-state index contributed by atoms with van der Waals surface area (Å²) in [6.45, 7) is 2.61. The van der Waals surface area contributed by atoms with Crippen molar-refractivity contribution in [2.45, 2.75) is 25.7 Å². The fourth-order valence-electron chi connectivity index (χ4n) is 3.83. The van der Waals surface area contributed by atoms with Crippen molar-refractivity contribution in [1.29, 1.82) is 0 Å². The van der Waals surface area contributed by atoms with Gasteiger partial charge < -0.3 is 9.42 Å². The SMILES string of the molecule is CN1CCCC(Cc2ccc3onc(N4CCC(=O)NC4=O)c3c2)C1. The van der Waals surface area contributed by atoms with Crippen molar-refractivity contribution in [3.05, 3.63) is 23.8 Å². The van der Waals surface area contributed by atoms with E-state index in [0.717, 1.165) is 18.4 Å². The Balaban J connectivity index is 1.59. The second-order valence-corrected chi connectivity index (χ2v) is 7.07. The van der Waals surface area contributed by atoms with Crippen LogP contribution in [0.3, 0.4) is 0 Å². The number of imide groups is 1. The fourth-order valence-corrected chi connectivity index (χ4v) is 3.83. The van der Waals surface area contributed by atoms with Gasteiger partial charge in [-0.1, -0.05) is 11.2 Å². The first kappa shape index (κ1) is 16.1. The number of hydrogen-bond acceptors (Lipinski definition) is 5. The number of urea groups is 1. The average Bonchev–Trinajstić information content (AvgIpc) is 2.98. The molecule has 1 aromatic heterocycles. The van der Waals surface area contributed by atoms with Crippen LogP contribution in [-0.2, 0) is 11.2 Å². The molecule has 25 heavy (non-hydrogen) atoms. The summed E-state index contributed by atoms with van der Waals surface area (Å²) in [6, 6.07) is 5.62. The molecule has 2 aliphatic rings. The Kier molecular flexibility index (Phi) is 4.17. The first-order valence-electron chi connectivity index (χ1n) is 8.78. The van der Waals surface area contributed by atoms with Gasteiger partial charge in [-0.25, -0.2) is 4.79 Å². The van der Waals surface area contributed by atoms with Gasteiger partial charge in [0.05, 0.1) is 5.39 Å². The lowest BCUT2D eigenvalue weighted by Crippen LogP contribution is -2.49. The van der Waals surface area contributed by atoms with Crippen molar-refractivity contribution < 1.29 is 14.1 Å². The number of benzene rings is 1. The predicted octanol–water partition coefficient (Wildman–Crippen LogP) is 2.16. The molecule has 132 valence electrons. The summed E-state index contributed by atoms with van der Waals surface area (Å²) in [6.07, 6.45) is 3.77. The van der Waals surface area contributed by atoms with E-state index in [9.17, 15) is 9.59 Å². The largest absolute Gasteiger partial charge is 0.354 e. The normalized spacial score (nSPS) is 22.4. The third kappa shape index (κ3) is 3.24. The Morgan fingerprint density at radius 2 is 2.20 bits per heavy atom. The van der Waals surface area contributed by atoms with E-state index in [-0.39, 0.29) is 12.3 Å².